The van der Waals surface area contributed by atoms with Gasteiger partial charge < -0.3 is 10.2 Å². The zero-order valence-electron chi connectivity index (χ0n) is 11.8. The summed E-state index contributed by atoms with van der Waals surface area (Å²) in [5.41, 5.74) is 0. The van der Waals surface area contributed by atoms with Crippen LogP contribution in [0.1, 0.15) is 31.7 Å². The molecule has 1 N–H and O–H groups in total. The first-order valence-corrected chi connectivity index (χ1v) is 8.23. The molecule has 6 heteroatoms. The SMILES string of the molecule is Brc1cnn(C2CCN(CC3CCNCC3)CC2)c1.Cl. The Morgan fingerprint density at radius 1 is 1.20 bits per heavy atom. The summed E-state index contributed by atoms with van der Waals surface area (Å²) in [5, 5.41) is 7.87. The van der Waals surface area contributed by atoms with Gasteiger partial charge in [0.25, 0.3) is 0 Å². The third-order valence-corrected chi connectivity index (χ3v) is 4.89. The Hall–Kier alpha value is -0.100. The lowest BCUT2D eigenvalue weighted by Crippen LogP contribution is -2.40. The number of hydrogen-bond acceptors (Lipinski definition) is 3. The van der Waals surface area contributed by atoms with Gasteiger partial charge in [0.15, 0.2) is 0 Å². The van der Waals surface area contributed by atoms with Crippen molar-refractivity contribution in [3.05, 3.63) is 16.9 Å². The molecule has 2 fully saturated rings. The van der Waals surface area contributed by atoms with Crippen molar-refractivity contribution < 1.29 is 0 Å². The molecule has 0 aromatic carbocycles. The summed E-state index contributed by atoms with van der Waals surface area (Å²) in [6.45, 7) is 6.18. The molecule has 1 aromatic heterocycles. The number of nitrogens with one attached hydrogen (secondary N) is 1. The molecule has 0 unspecified atom stereocenters. The van der Waals surface area contributed by atoms with Gasteiger partial charge in [0.1, 0.15) is 0 Å². The molecule has 0 radical (unpaired) electrons. The Morgan fingerprint density at radius 3 is 2.50 bits per heavy atom. The van der Waals surface area contributed by atoms with Crippen molar-refractivity contribution in [3.8, 4) is 0 Å². The van der Waals surface area contributed by atoms with Crippen molar-refractivity contribution in [2.24, 2.45) is 5.92 Å². The fourth-order valence-electron chi connectivity index (χ4n) is 3.31. The maximum Gasteiger partial charge on any atom is 0.0632 e. The Morgan fingerprint density at radius 2 is 1.90 bits per heavy atom. The summed E-state index contributed by atoms with van der Waals surface area (Å²) >= 11 is 3.48. The molecule has 2 aliphatic heterocycles. The minimum Gasteiger partial charge on any atom is -0.317 e. The molecule has 0 aliphatic carbocycles. The van der Waals surface area contributed by atoms with Gasteiger partial charge in [-0.25, -0.2) is 0 Å². The highest BCUT2D eigenvalue weighted by Gasteiger charge is 2.23. The van der Waals surface area contributed by atoms with E-state index in [4.69, 9.17) is 0 Å². The molecule has 1 aromatic rings. The second-order valence-electron chi connectivity index (χ2n) is 5.86. The molecule has 0 amide bonds. The highest BCUT2D eigenvalue weighted by molar-refractivity contribution is 9.10. The zero-order chi connectivity index (χ0) is 13.1. The lowest BCUT2D eigenvalue weighted by molar-refractivity contribution is 0.146. The van der Waals surface area contributed by atoms with Crippen molar-refractivity contribution in [3.63, 3.8) is 0 Å². The highest BCUT2D eigenvalue weighted by Crippen LogP contribution is 2.24. The summed E-state index contributed by atoms with van der Waals surface area (Å²) in [4.78, 5) is 2.66. The average Bonchev–Trinajstić information content (AvgIpc) is 2.87. The predicted octanol–water partition coefficient (Wildman–Crippen LogP) is 2.70. The molecule has 114 valence electrons. The van der Waals surface area contributed by atoms with E-state index >= 15 is 0 Å². The molecule has 2 saturated heterocycles. The monoisotopic (exact) mass is 362 g/mol. The van der Waals surface area contributed by atoms with E-state index in [1.807, 2.05) is 6.20 Å². The minimum absolute atomic E-state index is 0. The number of piperidine rings is 2. The smallest absolute Gasteiger partial charge is 0.0632 e. The van der Waals surface area contributed by atoms with E-state index in [1.54, 1.807) is 0 Å². The predicted molar refractivity (Wildman–Crippen MR) is 87.5 cm³/mol. The number of nitrogens with zero attached hydrogens (tertiary/aromatic N) is 3. The molecule has 3 heterocycles. The molecule has 20 heavy (non-hydrogen) atoms. The van der Waals surface area contributed by atoms with E-state index in [1.165, 1.54) is 58.4 Å². The maximum absolute atomic E-state index is 4.42. The second-order valence-corrected chi connectivity index (χ2v) is 6.78. The van der Waals surface area contributed by atoms with Crippen molar-refractivity contribution in [1.29, 1.82) is 0 Å². The van der Waals surface area contributed by atoms with Gasteiger partial charge >= 0.3 is 0 Å². The van der Waals surface area contributed by atoms with Crippen LogP contribution in [0.25, 0.3) is 0 Å². The molecule has 2 aliphatic rings. The first-order chi connectivity index (χ1) is 9.31. The Bertz CT molecular complexity index is 398. The minimum atomic E-state index is 0. The standard InChI is InChI=1S/C14H23BrN4.ClH/c15-13-9-17-19(11-13)14-3-7-18(8-4-14)10-12-1-5-16-6-2-12;/h9,11-12,14,16H,1-8,10H2;1H. The van der Waals surface area contributed by atoms with Crippen LogP contribution in [0.3, 0.4) is 0 Å². The summed E-state index contributed by atoms with van der Waals surface area (Å²) in [6, 6.07) is 0.593. The maximum atomic E-state index is 4.42. The quantitative estimate of drug-likeness (QED) is 0.896. The van der Waals surface area contributed by atoms with Crippen LogP contribution in [0.4, 0.5) is 0 Å². The Balaban J connectivity index is 0.00000147. The van der Waals surface area contributed by atoms with Gasteiger partial charge in [-0.2, -0.15) is 5.10 Å². The van der Waals surface area contributed by atoms with E-state index in [9.17, 15) is 0 Å². The van der Waals surface area contributed by atoms with E-state index in [0.717, 1.165) is 10.4 Å². The van der Waals surface area contributed by atoms with Gasteiger partial charge in [-0.3, -0.25) is 4.68 Å². The molecule has 3 rings (SSSR count). The third kappa shape index (κ3) is 4.20. The van der Waals surface area contributed by atoms with Gasteiger partial charge in [-0.1, -0.05) is 0 Å². The zero-order valence-corrected chi connectivity index (χ0v) is 14.2. The molecule has 0 bridgehead atoms. The van der Waals surface area contributed by atoms with Crippen LogP contribution < -0.4 is 5.32 Å². The second kappa shape index (κ2) is 7.78. The van der Waals surface area contributed by atoms with E-state index in [-0.39, 0.29) is 12.4 Å². The van der Waals surface area contributed by atoms with Crippen molar-refractivity contribution in [1.82, 2.24) is 20.0 Å². The third-order valence-electron chi connectivity index (χ3n) is 4.48. The summed E-state index contributed by atoms with van der Waals surface area (Å²) in [7, 11) is 0. The van der Waals surface area contributed by atoms with Crippen LogP contribution in [0, 0.1) is 5.92 Å². The number of hydrogen-bond donors (Lipinski definition) is 1. The van der Waals surface area contributed by atoms with E-state index in [2.05, 4.69) is 42.1 Å². The highest BCUT2D eigenvalue weighted by atomic mass is 79.9. The Kier molecular flexibility index (Phi) is 6.33. The molecule has 4 nitrogen and oxygen atoms in total. The summed E-state index contributed by atoms with van der Waals surface area (Å²) in [5.74, 6) is 0.914. The van der Waals surface area contributed by atoms with Crippen molar-refractivity contribution >= 4 is 28.3 Å². The van der Waals surface area contributed by atoms with Gasteiger partial charge in [0, 0.05) is 25.8 Å². The Labute approximate surface area is 135 Å². The molecule has 0 atom stereocenters. The molecular weight excluding hydrogens is 340 g/mol. The lowest BCUT2D eigenvalue weighted by Gasteiger charge is -2.35. The van der Waals surface area contributed by atoms with Crippen molar-refractivity contribution in [2.45, 2.75) is 31.7 Å². The van der Waals surface area contributed by atoms with Gasteiger partial charge in [0.2, 0.25) is 0 Å². The molecular formula is C14H24BrClN4. The first kappa shape index (κ1) is 16.3. The number of likely N-dealkylation sites (tertiary alicyclic amines) is 1. The fourth-order valence-corrected chi connectivity index (χ4v) is 3.61. The van der Waals surface area contributed by atoms with Crippen LogP contribution in [-0.2, 0) is 0 Å². The van der Waals surface area contributed by atoms with E-state index in [0.29, 0.717) is 6.04 Å². The molecule has 0 saturated carbocycles. The summed E-state index contributed by atoms with van der Waals surface area (Å²) in [6.07, 6.45) is 9.17. The number of rotatable bonds is 3. The van der Waals surface area contributed by atoms with Crippen LogP contribution >= 0.6 is 28.3 Å². The topological polar surface area (TPSA) is 33.1 Å². The van der Waals surface area contributed by atoms with Crippen LogP contribution in [0.5, 0.6) is 0 Å². The summed E-state index contributed by atoms with van der Waals surface area (Å²) < 4.78 is 3.22. The normalized spacial score (nSPS) is 22.6. The average molecular weight is 364 g/mol. The largest absolute Gasteiger partial charge is 0.317 e. The van der Waals surface area contributed by atoms with E-state index < -0.39 is 0 Å². The first-order valence-electron chi connectivity index (χ1n) is 7.44. The number of aromatic nitrogens is 2. The van der Waals surface area contributed by atoms with Crippen LogP contribution in [-0.4, -0.2) is 47.4 Å². The van der Waals surface area contributed by atoms with Gasteiger partial charge in [-0.05, 0) is 60.6 Å². The lowest BCUT2D eigenvalue weighted by atomic mass is 9.96. The van der Waals surface area contributed by atoms with Gasteiger partial charge in [-0.15, -0.1) is 12.4 Å². The fraction of sp³-hybridized carbons (Fsp3) is 0.786. The van der Waals surface area contributed by atoms with Crippen LogP contribution in [0.2, 0.25) is 0 Å². The molecule has 0 spiro atoms. The van der Waals surface area contributed by atoms with Crippen LogP contribution in [0.15, 0.2) is 16.9 Å². The van der Waals surface area contributed by atoms with Gasteiger partial charge in [0.05, 0.1) is 16.7 Å². The number of halogens is 2. The van der Waals surface area contributed by atoms with Crippen molar-refractivity contribution in [2.75, 3.05) is 32.7 Å².